The van der Waals surface area contributed by atoms with Gasteiger partial charge in [-0.1, -0.05) is 24.3 Å². The van der Waals surface area contributed by atoms with Gasteiger partial charge in [-0.3, -0.25) is 4.79 Å². The Morgan fingerprint density at radius 2 is 2.09 bits per heavy atom. The van der Waals surface area contributed by atoms with Gasteiger partial charge in [0.2, 0.25) is 0 Å². The second kappa shape index (κ2) is 6.23. The average Bonchev–Trinajstić information content (AvgIpc) is 3.00. The molecule has 1 heterocycles. The summed E-state index contributed by atoms with van der Waals surface area (Å²) in [5.41, 5.74) is 4.29. The summed E-state index contributed by atoms with van der Waals surface area (Å²) in [5.74, 6) is -0.0157. The Morgan fingerprint density at radius 1 is 1.26 bits per heavy atom. The van der Waals surface area contributed by atoms with E-state index in [1.165, 1.54) is 13.3 Å². The summed E-state index contributed by atoms with van der Waals surface area (Å²) in [6.07, 6.45) is 3.00. The van der Waals surface area contributed by atoms with Crippen LogP contribution in [-0.2, 0) is 0 Å². The summed E-state index contributed by atoms with van der Waals surface area (Å²) < 4.78 is 5.02. The van der Waals surface area contributed by atoms with E-state index in [2.05, 4.69) is 15.5 Å². The summed E-state index contributed by atoms with van der Waals surface area (Å²) in [6, 6.07) is 12.5. The number of carbonyl (C=O) groups excluding carboxylic acids is 1. The third-order valence-corrected chi connectivity index (χ3v) is 3.45. The fourth-order valence-corrected chi connectivity index (χ4v) is 2.29. The highest BCUT2D eigenvalue weighted by atomic mass is 16.5. The molecular formula is C17H15N3O3. The lowest BCUT2D eigenvalue weighted by molar-refractivity contribution is 0.0957. The smallest absolute Gasteiger partial charge is 0.273 e. The molecule has 0 atom stereocenters. The van der Waals surface area contributed by atoms with Crippen molar-refractivity contribution in [2.45, 2.75) is 0 Å². The number of hydrogen-bond acceptors (Lipinski definition) is 4. The molecule has 6 heteroatoms. The first-order valence-corrected chi connectivity index (χ1v) is 6.96. The van der Waals surface area contributed by atoms with Gasteiger partial charge in [-0.15, -0.1) is 0 Å². The minimum absolute atomic E-state index is 0.0277. The van der Waals surface area contributed by atoms with Crippen LogP contribution in [0.25, 0.3) is 10.9 Å². The van der Waals surface area contributed by atoms with E-state index < -0.39 is 0 Å². The Hall–Kier alpha value is -3.28. The predicted octanol–water partition coefficient (Wildman–Crippen LogP) is 2.65. The Bertz CT molecular complexity index is 884. The van der Waals surface area contributed by atoms with Crippen LogP contribution in [0, 0.1) is 0 Å². The number of aromatic nitrogens is 1. The number of hydrogen-bond donors (Lipinski definition) is 3. The molecule has 0 unspecified atom stereocenters. The number of hydrazone groups is 1. The van der Waals surface area contributed by atoms with Crippen LogP contribution in [0.15, 0.2) is 53.8 Å². The van der Waals surface area contributed by atoms with Crippen molar-refractivity contribution in [1.29, 1.82) is 0 Å². The molecule has 0 radical (unpaired) electrons. The predicted molar refractivity (Wildman–Crippen MR) is 88.0 cm³/mol. The van der Waals surface area contributed by atoms with Gasteiger partial charge in [-0.2, -0.15) is 5.10 Å². The van der Waals surface area contributed by atoms with Crippen LogP contribution in [0.3, 0.4) is 0 Å². The molecular weight excluding hydrogens is 294 g/mol. The second-order valence-corrected chi connectivity index (χ2v) is 4.85. The molecule has 116 valence electrons. The van der Waals surface area contributed by atoms with E-state index >= 15 is 0 Å². The van der Waals surface area contributed by atoms with Crippen LogP contribution in [0.5, 0.6) is 11.5 Å². The molecule has 1 amide bonds. The highest BCUT2D eigenvalue weighted by Gasteiger charge is 2.10. The Kier molecular flexibility index (Phi) is 3.97. The normalized spacial score (nSPS) is 11.0. The third-order valence-electron chi connectivity index (χ3n) is 3.45. The van der Waals surface area contributed by atoms with E-state index in [9.17, 15) is 9.90 Å². The van der Waals surface area contributed by atoms with Gasteiger partial charge in [0.25, 0.3) is 5.91 Å². The van der Waals surface area contributed by atoms with Crippen molar-refractivity contribution in [3.63, 3.8) is 0 Å². The van der Waals surface area contributed by atoms with Crippen molar-refractivity contribution in [3.8, 4) is 11.5 Å². The van der Waals surface area contributed by atoms with Crippen molar-refractivity contribution in [1.82, 2.24) is 10.4 Å². The lowest BCUT2D eigenvalue weighted by Gasteiger charge is -2.04. The highest BCUT2D eigenvalue weighted by Crippen LogP contribution is 2.27. The molecule has 1 aromatic heterocycles. The summed E-state index contributed by atoms with van der Waals surface area (Å²) in [4.78, 5) is 15.2. The molecule has 3 N–H and O–H groups in total. The Labute approximate surface area is 132 Å². The zero-order valence-corrected chi connectivity index (χ0v) is 12.4. The fraction of sp³-hybridized carbons (Fsp3) is 0.0588. The van der Waals surface area contributed by atoms with Gasteiger partial charge in [0.15, 0.2) is 11.5 Å². The lowest BCUT2D eigenvalue weighted by Crippen LogP contribution is -2.17. The SMILES string of the molecule is COc1cccc(C=NNC(=O)c2c[nH]c3ccccc23)c1O. The molecule has 3 rings (SSSR count). The van der Waals surface area contributed by atoms with E-state index in [1.54, 1.807) is 24.4 Å². The molecule has 6 nitrogen and oxygen atoms in total. The number of H-pyrrole nitrogens is 1. The van der Waals surface area contributed by atoms with Crippen LogP contribution < -0.4 is 10.2 Å². The molecule has 23 heavy (non-hydrogen) atoms. The number of carbonyl (C=O) groups is 1. The molecule has 0 saturated heterocycles. The van der Waals surface area contributed by atoms with E-state index in [0.29, 0.717) is 16.9 Å². The van der Waals surface area contributed by atoms with Crippen LogP contribution in [0.2, 0.25) is 0 Å². The van der Waals surface area contributed by atoms with Gasteiger partial charge in [-0.05, 0) is 18.2 Å². The van der Waals surface area contributed by atoms with Crippen molar-refractivity contribution >= 4 is 23.0 Å². The second-order valence-electron chi connectivity index (χ2n) is 4.85. The number of nitrogens with zero attached hydrogens (tertiary/aromatic N) is 1. The number of nitrogens with one attached hydrogen (secondary N) is 2. The summed E-state index contributed by atoms with van der Waals surface area (Å²) >= 11 is 0. The van der Waals surface area contributed by atoms with Gasteiger partial charge in [-0.25, -0.2) is 5.43 Å². The third kappa shape index (κ3) is 2.87. The molecule has 0 bridgehead atoms. The molecule has 0 aliphatic rings. The van der Waals surface area contributed by atoms with Gasteiger partial charge in [0.05, 0.1) is 18.9 Å². The Balaban J connectivity index is 1.77. The number of benzene rings is 2. The minimum Gasteiger partial charge on any atom is -0.504 e. The lowest BCUT2D eigenvalue weighted by atomic mass is 10.2. The number of rotatable bonds is 4. The first-order chi connectivity index (χ1) is 11.2. The highest BCUT2D eigenvalue weighted by molar-refractivity contribution is 6.06. The summed E-state index contributed by atoms with van der Waals surface area (Å²) in [6.45, 7) is 0. The first-order valence-electron chi connectivity index (χ1n) is 6.96. The molecule has 3 aromatic rings. The number of phenols is 1. The molecule has 2 aromatic carbocycles. The van der Waals surface area contributed by atoms with E-state index in [-0.39, 0.29) is 11.7 Å². The number of phenolic OH excluding ortho intramolecular Hbond substituents is 1. The van der Waals surface area contributed by atoms with Crippen LogP contribution >= 0.6 is 0 Å². The zero-order chi connectivity index (χ0) is 16.2. The maximum Gasteiger partial charge on any atom is 0.273 e. The van der Waals surface area contributed by atoms with Gasteiger partial charge >= 0.3 is 0 Å². The molecule has 0 spiro atoms. The van der Waals surface area contributed by atoms with Gasteiger partial charge in [0.1, 0.15) is 0 Å². The topological polar surface area (TPSA) is 86.7 Å². The number of methoxy groups -OCH3 is 1. The number of para-hydroxylation sites is 2. The molecule has 0 saturated carbocycles. The minimum atomic E-state index is -0.332. The summed E-state index contributed by atoms with van der Waals surface area (Å²) in [7, 11) is 1.47. The molecule has 0 fully saturated rings. The Morgan fingerprint density at radius 3 is 2.91 bits per heavy atom. The average molecular weight is 309 g/mol. The van der Waals surface area contributed by atoms with Crippen molar-refractivity contribution in [3.05, 3.63) is 59.8 Å². The van der Waals surface area contributed by atoms with Gasteiger partial charge < -0.3 is 14.8 Å². The van der Waals surface area contributed by atoms with Crippen molar-refractivity contribution < 1.29 is 14.6 Å². The first kappa shape index (κ1) is 14.6. The number of aromatic hydroxyl groups is 1. The van der Waals surface area contributed by atoms with E-state index in [4.69, 9.17) is 4.74 Å². The van der Waals surface area contributed by atoms with Crippen LogP contribution in [0.1, 0.15) is 15.9 Å². The number of amides is 1. The maximum atomic E-state index is 12.2. The van der Waals surface area contributed by atoms with Gasteiger partial charge in [0, 0.05) is 22.7 Å². The molecule has 0 aliphatic heterocycles. The fourth-order valence-electron chi connectivity index (χ4n) is 2.29. The number of fused-ring (bicyclic) bond motifs is 1. The number of aromatic amines is 1. The maximum absolute atomic E-state index is 12.2. The zero-order valence-electron chi connectivity index (χ0n) is 12.4. The standard InChI is InChI=1S/C17H15N3O3/c1-23-15-8-4-5-11(16(15)21)9-19-20-17(22)13-10-18-14-7-3-2-6-12(13)14/h2-10,18,21H,1H3,(H,20,22). The van der Waals surface area contributed by atoms with Crippen molar-refractivity contribution in [2.75, 3.05) is 7.11 Å². The summed E-state index contributed by atoms with van der Waals surface area (Å²) in [5, 5.41) is 14.7. The monoisotopic (exact) mass is 309 g/mol. The van der Waals surface area contributed by atoms with Crippen LogP contribution in [-0.4, -0.2) is 29.3 Å². The van der Waals surface area contributed by atoms with E-state index in [1.807, 2.05) is 24.3 Å². The largest absolute Gasteiger partial charge is 0.504 e. The quantitative estimate of drug-likeness (QED) is 0.511. The van der Waals surface area contributed by atoms with Crippen LogP contribution in [0.4, 0.5) is 0 Å². The number of ether oxygens (including phenoxy) is 1. The van der Waals surface area contributed by atoms with Crippen molar-refractivity contribution in [2.24, 2.45) is 5.10 Å². The van der Waals surface area contributed by atoms with E-state index in [0.717, 1.165) is 10.9 Å². The molecule has 0 aliphatic carbocycles.